The van der Waals surface area contributed by atoms with Gasteiger partial charge in [0.05, 0.1) is 4.90 Å². The van der Waals surface area contributed by atoms with Crippen LogP contribution in [-0.4, -0.2) is 54.6 Å². The van der Waals surface area contributed by atoms with Crippen molar-refractivity contribution in [1.29, 1.82) is 0 Å². The molecule has 172 valence electrons. The van der Waals surface area contributed by atoms with Crippen molar-refractivity contribution in [2.75, 3.05) is 25.1 Å². The summed E-state index contributed by atoms with van der Waals surface area (Å²) in [6.07, 6.45) is 0.982. The van der Waals surface area contributed by atoms with Crippen LogP contribution in [0.25, 0.3) is 11.5 Å². The standard InChI is InChI=1S/C22H22N4O6S/c1-14-4-7-16(8-5-14)33(28,29)26-10-2-3-17(26)20(27)23-22-25-24-21(32-22)15-6-9-18-19(13-15)31-12-11-30-18/h4-9,13,17H,2-3,10-12H2,1H3,(H,23,25,27). The number of sulfonamides is 1. The van der Waals surface area contributed by atoms with Crippen LogP contribution in [0.15, 0.2) is 51.8 Å². The van der Waals surface area contributed by atoms with Crippen molar-refractivity contribution in [2.24, 2.45) is 0 Å². The van der Waals surface area contributed by atoms with E-state index in [2.05, 4.69) is 15.5 Å². The van der Waals surface area contributed by atoms with Crippen molar-refractivity contribution in [3.63, 3.8) is 0 Å². The zero-order chi connectivity index (χ0) is 23.0. The van der Waals surface area contributed by atoms with Crippen molar-refractivity contribution >= 4 is 21.9 Å². The van der Waals surface area contributed by atoms with E-state index in [0.717, 1.165) is 5.56 Å². The van der Waals surface area contributed by atoms with E-state index >= 15 is 0 Å². The lowest BCUT2D eigenvalue weighted by Gasteiger charge is -2.22. The molecule has 0 spiro atoms. The smallest absolute Gasteiger partial charge is 0.322 e. The van der Waals surface area contributed by atoms with Crippen LogP contribution >= 0.6 is 0 Å². The van der Waals surface area contributed by atoms with Gasteiger partial charge in [-0.2, -0.15) is 4.31 Å². The highest BCUT2D eigenvalue weighted by Gasteiger charge is 2.39. The average molecular weight is 471 g/mol. The number of carbonyl (C=O) groups excluding carboxylic acids is 1. The minimum atomic E-state index is -3.81. The first kappa shape index (κ1) is 21.4. The summed E-state index contributed by atoms with van der Waals surface area (Å²) < 4.78 is 44.1. The molecule has 1 atom stereocenters. The Balaban J connectivity index is 1.31. The Hall–Kier alpha value is -3.44. The van der Waals surface area contributed by atoms with Crippen molar-refractivity contribution in [2.45, 2.75) is 30.7 Å². The van der Waals surface area contributed by atoms with Crippen LogP contribution in [0.4, 0.5) is 6.01 Å². The van der Waals surface area contributed by atoms with E-state index in [-0.39, 0.29) is 23.3 Å². The predicted molar refractivity (Wildman–Crippen MR) is 117 cm³/mol. The maximum absolute atomic E-state index is 13.1. The summed E-state index contributed by atoms with van der Waals surface area (Å²) in [5, 5.41) is 10.4. The topological polar surface area (TPSA) is 124 Å². The van der Waals surface area contributed by atoms with Gasteiger partial charge < -0.3 is 13.9 Å². The number of hydrogen-bond donors (Lipinski definition) is 1. The normalized spacial score (nSPS) is 18.3. The fourth-order valence-corrected chi connectivity index (χ4v) is 5.55. The summed E-state index contributed by atoms with van der Waals surface area (Å²) in [6, 6.07) is 10.8. The summed E-state index contributed by atoms with van der Waals surface area (Å²) in [6.45, 7) is 3.08. The van der Waals surface area contributed by atoms with Crippen LogP contribution in [0.5, 0.6) is 11.5 Å². The summed E-state index contributed by atoms with van der Waals surface area (Å²) in [7, 11) is -3.81. The van der Waals surface area contributed by atoms with Gasteiger partial charge in [0, 0.05) is 12.1 Å². The number of nitrogens with one attached hydrogen (secondary N) is 1. The molecule has 0 bridgehead atoms. The molecule has 1 fully saturated rings. The van der Waals surface area contributed by atoms with E-state index in [1.807, 2.05) is 6.92 Å². The fraction of sp³-hybridized carbons (Fsp3) is 0.318. The molecule has 1 unspecified atom stereocenters. The first-order chi connectivity index (χ1) is 15.9. The Morgan fingerprint density at radius 3 is 2.61 bits per heavy atom. The quantitative estimate of drug-likeness (QED) is 0.604. The van der Waals surface area contributed by atoms with Crippen molar-refractivity contribution < 1.29 is 27.1 Å². The molecular formula is C22H22N4O6S. The molecule has 0 saturated carbocycles. The molecule has 0 aliphatic carbocycles. The number of carbonyl (C=O) groups is 1. The Bertz CT molecular complexity index is 1290. The average Bonchev–Trinajstić information content (AvgIpc) is 3.49. The molecule has 11 heteroatoms. The molecule has 1 amide bonds. The highest BCUT2D eigenvalue weighted by atomic mass is 32.2. The third-order valence-electron chi connectivity index (χ3n) is 5.58. The molecule has 1 saturated heterocycles. The number of amides is 1. The Morgan fingerprint density at radius 1 is 1.06 bits per heavy atom. The Kier molecular flexibility index (Phi) is 5.51. The van der Waals surface area contributed by atoms with Crippen LogP contribution in [0.3, 0.4) is 0 Å². The largest absolute Gasteiger partial charge is 0.486 e. The molecule has 1 N–H and O–H groups in total. The lowest BCUT2D eigenvalue weighted by molar-refractivity contribution is -0.119. The van der Waals surface area contributed by atoms with Crippen LogP contribution in [-0.2, 0) is 14.8 Å². The highest BCUT2D eigenvalue weighted by Crippen LogP contribution is 2.34. The lowest BCUT2D eigenvalue weighted by Crippen LogP contribution is -2.43. The number of aryl methyl sites for hydroxylation is 1. The maximum atomic E-state index is 13.1. The van der Waals surface area contributed by atoms with E-state index in [0.29, 0.717) is 43.1 Å². The van der Waals surface area contributed by atoms with E-state index < -0.39 is 22.0 Å². The van der Waals surface area contributed by atoms with Crippen LogP contribution in [0.2, 0.25) is 0 Å². The van der Waals surface area contributed by atoms with E-state index in [9.17, 15) is 13.2 Å². The molecule has 2 aliphatic heterocycles. The number of rotatable bonds is 5. The molecular weight excluding hydrogens is 448 g/mol. The zero-order valence-electron chi connectivity index (χ0n) is 17.9. The lowest BCUT2D eigenvalue weighted by atomic mass is 10.2. The van der Waals surface area contributed by atoms with Gasteiger partial charge in [-0.15, -0.1) is 5.10 Å². The van der Waals surface area contributed by atoms with Gasteiger partial charge in [0.2, 0.25) is 21.8 Å². The first-order valence-corrected chi connectivity index (χ1v) is 12.0. The molecule has 0 radical (unpaired) electrons. The summed E-state index contributed by atoms with van der Waals surface area (Å²) in [4.78, 5) is 13.1. The summed E-state index contributed by atoms with van der Waals surface area (Å²) in [5.74, 6) is 0.887. The minimum Gasteiger partial charge on any atom is -0.486 e. The molecule has 3 aromatic rings. The summed E-state index contributed by atoms with van der Waals surface area (Å²) >= 11 is 0. The number of nitrogens with zero attached hydrogens (tertiary/aromatic N) is 3. The number of anilines is 1. The first-order valence-electron chi connectivity index (χ1n) is 10.5. The zero-order valence-corrected chi connectivity index (χ0v) is 18.7. The minimum absolute atomic E-state index is 0.107. The van der Waals surface area contributed by atoms with Crippen molar-refractivity contribution in [3.8, 4) is 23.0 Å². The predicted octanol–water partition coefficient (Wildman–Crippen LogP) is 2.61. The van der Waals surface area contributed by atoms with E-state index in [4.69, 9.17) is 13.9 Å². The van der Waals surface area contributed by atoms with Gasteiger partial charge in [-0.05, 0) is 50.1 Å². The second-order valence-corrected chi connectivity index (χ2v) is 9.74. The van der Waals surface area contributed by atoms with E-state index in [1.165, 1.54) is 4.31 Å². The molecule has 5 rings (SSSR count). The molecule has 3 heterocycles. The number of benzene rings is 2. The van der Waals surface area contributed by atoms with Gasteiger partial charge in [-0.3, -0.25) is 10.1 Å². The second kappa shape index (κ2) is 8.49. The van der Waals surface area contributed by atoms with Crippen LogP contribution < -0.4 is 14.8 Å². The van der Waals surface area contributed by atoms with Gasteiger partial charge in [0.1, 0.15) is 19.3 Å². The van der Waals surface area contributed by atoms with Gasteiger partial charge in [0.15, 0.2) is 11.5 Å². The maximum Gasteiger partial charge on any atom is 0.322 e. The van der Waals surface area contributed by atoms with Gasteiger partial charge in [-0.1, -0.05) is 22.8 Å². The second-order valence-electron chi connectivity index (χ2n) is 7.85. The number of hydrogen-bond acceptors (Lipinski definition) is 8. The van der Waals surface area contributed by atoms with E-state index in [1.54, 1.807) is 42.5 Å². The number of ether oxygens (including phenoxy) is 2. The van der Waals surface area contributed by atoms with Gasteiger partial charge >= 0.3 is 6.01 Å². The number of fused-ring (bicyclic) bond motifs is 1. The molecule has 33 heavy (non-hydrogen) atoms. The molecule has 10 nitrogen and oxygen atoms in total. The van der Waals surface area contributed by atoms with Crippen molar-refractivity contribution in [1.82, 2.24) is 14.5 Å². The molecule has 2 aromatic carbocycles. The molecule has 2 aliphatic rings. The number of aromatic nitrogens is 2. The highest BCUT2D eigenvalue weighted by molar-refractivity contribution is 7.89. The van der Waals surface area contributed by atoms with Gasteiger partial charge in [0.25, 0.3) is 0 Å². The van der Waals surface area contributed by atoms with Gasteiger partial charge in [-0.25, -0.2) is 8.42 Å². The van der Waals surface area contributed by atoms with Crippen LogP contribution in [0.1, 0.15) is 18.4 Å². The Labute approximate surface area is 190 Å². The van der Waals surface area contributed by atoms with Crippen LogP contribution in [0, 0.1) is 6.92 Å². The monoisotopic (exact) mass is 470 g/mol. The third kappa shape index (κ3) is 4.16. The Morgan fingerprint density at radius 2 is 1.82 bits per heavy atom. The van der Waals surface area contributed by atoms with Crippen molar-refractivity contribution in [3.05, 3.63) is 48.0 Å². The third-order valence-corrected chi connectivity index (χ3v) is 7.50. The summed E-state index contributed by atoms with van der Waals surface area (Å²) in [5.41, 5.74) is 1.56. The molecule has 1 aromatic heterocycles. The SMILES string of the molecule is Cc1ccc(S(=O)(=O)N2CCCC2C(=O)Nc2nnc(-c3ccc4c(c3)OCCO4)o2)cc1. The fourth-order valence-electron chi connectivity index (χ4n) is 3.89.